The minimum Gasteiger partial charge on any atom is -0.453 e. The van der Waals surface area contributed by atoms with Gasteiger partial charge in [-0.05, 0) is 60.4 Å². The fourth-order valence-electron chi connectivity index (χ4n) is 2.85. The van der Waals surface area contributed by atoms with Crippen LogP contribution >= 0.6 is 11.3 Å². The summed E-state index contributed by atoms with van der Waals surface area (Å²) in [6.07, 6.45) is 3.53. The van der Waals surface area contributed by atoms with Gasteiger partial charge in [-0.25, -0.2) is 4.79 Å². The maximum Gasteiger partial charge on any atom is 0.413 e. The first kappa shape index (κ1) is 17.2. The number of thiophene rings is 1. The van der Waals surface area contributed by atoms with Gasteiger partial charge in [-0.3, -0.25) is 14.9 Å². The van der Waals surface area contributed by atoms with Crippen LogP contribution in [0.3, 0.4) is 0 Å². The summed E-state index contributed by atoms with van der Waals surface area (Å²) < 4.78 is 4.41. The first-order valence-corrected chi connectivity index (χ1v) is 8.86. The second-order valence-electron chi connectivity index (χ2n) is 5.75. The zero-order valence-electron chi connectivity index (χ0n) is 13.8. The molecule has 2 aromatic rings. The Balaban J connectivity index is 1.75. The molecule has 0 radical (unpaired) electrons. The third-order valence-corrected chi connectivity index (χ3v) is 4.98. The summed E-state index contributed by atoms with van der Waals surface area (Å²) in [6, 6.07) is 7.28. The SMILES string of the molecule is COC(=O)NC(=O)c1ccsc1NC(=O)c1ccc2c(c1)CCCC2. The second-order valence-corrected chi connectivity index (χ2v) is 6.67. The number of amides is 3. The van der Waals surface area contributed by atoms with Gasteiger partial charge in [0.15, 0.2) is 0 Å². The Labute approximate surface area is 149 Å². The smallest absolute Gasteiger partial charge is 0.413 e. The number of hydrogen-bond acceptors (Lipinski definition) is 5. The number of imide groups is 1. The van der Waals surface area contributed by atoms with Crippen molar-refractivity contribution in [1.82, 2.24) is 5.32 Å². The summed E-state index contributed by atoms with van der Waals surface area (Å²) in [7, 11) is 1.18. The zero-order chi connectivity index (χ0) is 17.8. The van der Waals surface area contributed by atoms with E-state index in [4.69, 9.17) is 0 Å². The maximum absolute atomic E-state index is 12.5. The predicted molar refractivity (Wildman–Crippen MR) is 95.2 cm³/mol. The van der Waals surface area contributed by atoms with E-state index in [1.54, 1.807) is 17.5 Å². The van der Waals surface area contributed by atoms with Crippen LogP contribution in [0.5, 0.6) is 0 Å². The molecular formula is C18H18N2O4S. The molecular weight excluding hydrogens is 340 g/mol. The Morgan fingerprint density at radius 2 is 1.80 bits per heavy atom. The monoisotopic (exact) mass is 358 g/mol. The van der Waals surface area contributed by atoms with Gasteiger partial charge in [0.1, 0.15) is 5.00 Å². The minimum atomic E-state index is -0.844. The Bertz CT molecular complexity index is 828. The van der Waals surface area contributed by atoms with Gasteiger partial charge in [0, 0.05) is 5.56 Å². The largest absolute Gasteiger partial charge is 0.453 e. The van der Waals surface area contributed by atoms with Crippen LogP contribution in [0.15, 0.2) is 29.6 Å². The lowest BCUT2D eigenvalue weighted by Gasteiger charge is -2.16. The van der Waals surface area contributed by atoms with Gasteiger partial charge in [0.25, 0.3) is 11.8 Å². The van der Waals surface area contributed by atoms with E-state index in [2.05, 4.69) is 15.4 Å². The maximum atomic E-state index is 12.5. The molecule has 0 unspecified atom stereocenters. The van der Waals surface area contributed by atoms with Crippen molar-refractivity contribution in [3.8, 4) is 0 Å². The number of carbonyl (C=O) groups is 3. The summed E-state index contributed by atoms with van der Waals surface area (Å²) in [4.78, 5) is 35.7. The molecule has 0 atom stereocenters. The van der Waals surface area contributed by atoms with Crippen LogP contribution in [0.4, 0.5) is 9.80 Å². The molecule has 2 N–H and O–H groups in total. The molecule has 1 aromatic carbocycles. The topological polar surface area (TPSA) is 84.5 Å². The number of fused-ring (bicyclic) bond motifs is 1. The molecule has 0 fully saturated rings. The van der Waals surface area contributed by atoms with E-state index in [0.29, 0.717) is 10.6 Å². The molecule has 130 valence electrons. The number of rotatable bonds is 3. The molecule has 3 amide bonds. The molecule has 3 rings (SSSR count). The Morgan fingerprint density at radius 3 is 2.56 bits per heavy atom. The van der Waals surface area contributed by atoms with E-state index in [1.165, 1.54) is 36.0 Å². The van der Waals surface area contributed by atoms with Crippen molar-refractivity contribution in [2.45, 2.75) is 25.7 Å². The highest BCUT2D eigenvalue weighted by molar-refractivity contribution is 7.14. The fourth-order valence-corrected chi connectivity index (χ4v) is 3.63. The predicted octanol–water partition coefficient (Wildman–Crippen LogP) is 3.38. The van der Waals surface area contributed by atoms with E-state index in [1.807, 2.05) is 12.1 Å². The first-order chi connectivity index (χ1) is 12.1. The second kappa shape index (κ2) is 7.48. The van der Waals surface area contributed by atoms with Crippen molar-refractivity contribution >= 4 is 34.2 Å². The van der Waals surface area contributed by atoms with Gasteiger partial charge in [0.2, 0.25) is 0 Å². The molecule has 1 heterocycles. The third-order valence-electron chi connectivity index (χ3n) is 4.15. The number of alkyl carbamates (subject to hydrolysis) is 1. The fraction of sp³-hybridized carbons (Fsp3) is 0.278. The number of nitrogens with one attached hydrogen (secondary N) is 2. The lowest BCUT2D eigenvalue weighted by molar-refractivity contribution is 0.0938. The Morgan fingerprint density at radius 1 is 1.04 bits per heavy atom. The Kier molecular flexibility index (Phi) is 5.14. The van der Waals surface area contributed by atoms with Gasteiger partial charge < -0.3 is 10.1 Å². The zero-order valence-corrected chi connectivity index (χ0v) is 14.6. The van der Waals surface area contributed by atoms with Crippen molar-refractivity contribution in [2.75, 3.05) is 12.4 Å². The molecule has 6 nitrogen and oxygen atoms in total. The number of carbonyl (C=O) groups excluding carboxylic acids is 3. The van der Waals surface area contributed by atoms with Crippen LogP contribution in [0.1, 0.15) is 44.7 Å². The van der Waals surface area contributed by atoms with Crippen LogP contribution in [0.2, 0.25) is 0 Å². The van der Waals surface area contributed by atoms with Crippen LogP contribution < -0.4 is 10.6 Å². The van der Waals surface area contributed by atoms with E-state index in [0.717, 1.165) is 19.3 Å². The van der Waals surface area contributed by atoms with E-state index >= 15 is 0 Å². The van der Waals surface area contributed by atoms with Gasteiger partial charge in [-0.15, -0.1) is 11.3 Å². The van der Waals surface area contributed by atoms with Crippen LogP contribution in [0, 0.1) is 0 Å². The molecule has 1 aliphatic rings. The average molecular weight is 358 g/mol. The number of anilines is 1. The minimum absolute atomic E-state index is 0.224. The molecule has 0 aliphatic heterocycles. The summed E-state index contributed by atoms with van der Waals surface area (Å²) >= 11 is 1.22. The van der Waals surface area contributed by atoms with E-state index < -0.39 is 12.0 Å². The summed E-state index contributed by atoms with van der Waals surface area (Å²) in [5.41, 5.74) is 3.31. The average Bonchev–Trinajstić information content (AvgIpc) is 3.09. The van der Waals surface area contributed by atoms with Crippen molar-refractivity contribution in [2.24, 2.45) is 0 Å². The molecule has 0 spiro atoms. The molecule has 0 bridgehead atoms. The molecule has 0 saturated carbocycles. The summed E-state index contributed by atoms with van der Waals surface area (Å²) in [5, 5.41) is 6.90. The molecule has 7 heteroatoms. The number of methoxy groups -OCH3 is 1. The number of aryl methyl sites for hydroxylation is 2. The highest BCUT2D eigenvalue weighted by Gasteiger charge is 2.19. The summed E-state index contributed by atoms with van der Waals surface area (Å²) in [5.74, 6) is -0.892. The molecule has 0 saturated heterocycles. The lowest BCUT2D eigenvalue weighted by Crippen LogP contribution is -2.30. The van der Waals surface area contributed by atoms with Crippen molar-refractivity contribution in [1.29, 1.82) is 0 Å². The Hall–Kier alpha value is -2.67. The van der Waals surface area contributed by atoms with Crippen LogP contribution in [-0.2, 0) is 17.6 Å². The number of ether oxygens (including phenoxy) is 1. The lowest BCUT2D eigenvalue weighted by atomic mass is 9.90. The van der Waals surface area contributed by atoms with Crippen molar-refractivity contribution in [3.05, 3.63) is 51.9 Å². The summed E-state index contributed by atoms with van der Waals surface area (Å²) in [6.45, 7) is 0. The normalized spacial score (nSPS) is 12.8. The van der Waals surface area contributed by atoms with Crippen molar-refractivity contribution < 1.29 is 19.1 Å². The van der Waals surface area contributed by atoms with Gasteiger partial charge in [-0.1, -0.05) is 6.07 Å². The number of hydrogen-bond donors (Lipinski definition) is 2. The van der Waals surface area contributed by atoms with Gasteiger partial charge in [-0.2, -0.15) is 0 Å². The van der Waals surface area contributed by atoms with E-state index in [9.17, 15) is 14.4 Å². The van der Waals surface area contributed by atoms with Gasteiger partial charge >= 0.3 is 6.09 Å². The molecule has 1 aromatic heterocycles. The third kappa shape index (κ3) is 3.88. The van der Waals surface area contributed by atoms with Crippen LogP contribution in [-0.4, -0.2) is 25.0 Å². The molecule has 1 aliphatic carbocycles. The van der Waals surface area contributed by atoms with Crippen molar-refractivity contribution in [3.63, 3.8) is 0 Å². The van der Waals surface area contributed by atoms with Gasteiger partial charge in [0.05, 0.1) is 12.7 Å². The highest BCUT2D eigenvalue weighted by Crippen LogP contribution is 2.26. The first-order valence-electron chi connectivity index (χ1n) is 7.98. The number of benzene rings is 1. The standard InChI is InChI=1S/C18H18N2O4S/c1-24-18(23)20-16(22)14-8-9-25-17(14)19-15(21)13-7-6-11-4-2-3-5-12(11)10-13/h6-10H,2-5H2,1H3,(H,19,21)(H,20,22,23). The highest BCUT2D eigenvalue weighted by atomic mass is 32.1. The quantitative estimate of drug-likeness (QED) is 0.881. The van der Waals surface area contributed by atoms with Crippen LogP contribution in [0.25, 0.3) is 0 Å². The molecule has 25 heavy (non-hydrogen) atoms. The van der Waals surface area contributed by atoms with E-state index in [-0.39, 0.29) is 11.5 Å².